The highest BCUT2D eigenvalue weighted by Crippen LogP contribution is 2.15. The van der Waals surface area contributed by atoms with Gasteiger partial charge in [-0.15, -0.1) is 0 Å². The van der Waals surface area contributed by atoms with Gasteiger partial charge in [-0.3, -0.25) is 4.79 Å². The van der Waals surface area contributed by atoms with Crippen LogP contribution in [0.3, 0.4) is 0 Å². The van der Waals surface area contributed by atoms with Gasteiger partial charge in [0.05, 0.1) is 5.92 Å². The summed E-state index contributed by atoms with van der Waals surface area (Å²) >= 11 is 0. The average Bonchev–Trinajstić information content (AvgIpc) is 2.47. The first-order valence-corrected chi connectivity index (χ1v) is 7.33. The fourth-order valence-electron chi connectivity index (χ4n) is 2.08. The van der Waals surface area contributed by atoms with Gasteiger partial charge >= 0.3 is 5.97 Å². The summed E-state index contributed by atoms with van der Waals surface area (Å²) in [4.78, 5) is 13.3. The van der Waals surface area contributed by atoms with E-state index in [0.717, 1.165) is 38.3 Å². The van der Waals surface area contributed by atoms with Gasteiger partial charge in [-0.1, -0.05) is 38.1 Å². The van der Waals surface area contributed by atoms with Gasteiger partial charge in [0.15, 0.2) is 0 Å². The van der Waals surface area contributed by atoms with Gasteiger partial charge in [0, 0.05) is 19.6 Å². The zero-order valence-corrected chi connectivity index (χ0v) is 12.7. The quantitative estimate of drug-likeness (QED) is 0.681. The summed E-state index contributed by atoms with van der Waals surface area (Å²) in [5.74, 6) is -1.23. The van der Waals surface area contributed by atoms with Crippen molar-refractivity contribution in [1.82, 2.24) is 10.2 Å². The van der Waals surface area contributed by atoms with E-state index in [0.29, 0.717) is 0 Å². The van der Waals surface area contributed by atoms with Gasteiger partial charge < -0.3 is 15.3 Å². The highest BCUT2D eigenvalue weighted by Gasteiger charge is 2.12. The molecule has 0 aliphatic heterocycles. The number of carbonyl (C=O) groups is 1. The van der Waals surface area contributed by atoms with Gasteiger partial charge in [-0.2, -0.15) is 0 Å². The molecule has 1 atom stereocenters. The molecule has 20 heavy (non-hydrogen) atoms. The van der Waals surface area contributed by atoms with E-state index in [9.17, 15) is 4.79 Å². The first-order valence-electron chi connectivity index (χ1n) is 7.33. The number of nitrogens with one attached hydrogen (secondary N) is 1. The molecule has 1 unspecified atom stereocenters. The minimum Gasteiger partial charge on any atom is -0.481 e. The molecule has 0 fully saturated rings. The van der Waals surface area contributed by atoms with Crippen LogP contribution in [0.2, 0.25) is 0 Å². The van der Waals surface area contributed by atoms with Crippen molar-refractivity contribution in [1.29, 1.82) is 0 Å². The Morgan fingerprint density at radius 1 is 1.25 bits per heavy atom. The highest BCUT2D eigenvalue weighted by molar-refractivity contribution is 5.75. The molecule has 1 aromatic rings. The molecular weight excluding hydrogens is 252 g/mol. The lowest BCUT2D eigenvalue weighted by Gasteiger charge is -2.18. The maximum atomic E-state index is 10.9. The highest BCUT2D eigenvalue weighted by atomic mass is 16.4. The molecule has 0 heterocycles. The fraction of sp³-hybridized carbons (Fsp3) is 0.562. The Labute approximate surface area is 121 Å². The molecule has 0 amide bonds. The van der Waals surface area contributed by atoms with Gasteiger partial charge in [0.1, 0.15) is 0 Å². The molecule has 0 spiro atoms. The second kappa shape index (κ2) is 8.72. The first-order chi connectivity index (χ1) is 9.58. The van der Waals surface area contributed by atoms with Crippen LogP contribution in [0.5, 0.6) is 0 Å². The lowest BCUT2D eigenvalue weighted by molar-refractivity contribution is -0.138. The average molecular weight is 278 g/mol. The van der Waals surface area contributed by atoms with Crippen LogP contribution < -0.4 is 5.32 Å². The second-order valence-electron chi connectivity index (χ2n) is 5.01. The zero-order chi connectivity index (χ0) is 15.0. The van der Waals surface area contributed by atoms with Crippen molar-refractivity contribution in [3.05, 3.63) is 35.4 Å². The summed E-state index contributed by atoms with van der Waals surface area (Å²) in [6, 6.07) is 7.80. The van der Waals surface area contributed by atoms with Gasteiger partial charge in [0.25, 0.3) is 0 Å². The molecule has 0 radical (unpaired) electrons. The third-order valence-electron chi connectivity index (χ3n) is 3.68. The van der Waals surface area contributed by atoms with Crippen LogP contribution in [0, 0.1) is 0 Å². The number of rotatable bonds is 9. The molecule has 0 bridgehead atoms. The normalized spacial score (nSPS) is 12.6. The topological polar surface area (TPSA) is 52.6 Å². The zero-order valence-electron chi connectivity index (χ0n) is 12.7. The van der Waals surface area contributed by atoms with Crippen molar-refractivity contribution in [2.45, 2.75) is 33.2 Å². The lowest BCUT2D eigenvalue weighted by atomic mass is 10.0. The number of carboxylic acids is 1. The molecule has 112 valence electrons. The molecule has 4 heteroatoms. The number of hydrogen-bond donors (Lipinski definition) is 2. The van der Waals surface area contributed by atoms with Crippen LogP contribution in [-0.2, 0) is 11.3 Å². The van der Waals surface area contributed by atoms with Gasteiger partial charge in [-0.25, -0.2) is 0 Å². The molecule has 0 aromatic heterocycles. The largest absolute Gasteiger partial charge is 0.481 e. The number of aliphatic carboxylic acids is 1. The monoisotopic (exact) mass is 278 g/mol. The number of likely N-dealkylation sites (N-methyl/N-ethyl adjacent to an activating group) is 1. The van der Waals surface area contributed by atoms with E-state index in [-0.39, 0.29) is 0 Å². The standard InChI is InChI=1S/C16H26N2O2/c1-4-18(5-2)11-10-17-12-14-6-8-15(9-7-14)13(3)16(19)20/h6-9,13,17H,4-5,10-12H2,1-3H3,(H,19,20). The minimum absolute atomic E-state index is 0.445. The maximum Gasteiger partial charge on any atom is 0.310 e. The predicted octanol–water partition coefficient (Wildman–Crippen LogP) is 2.31. The maximum absolute atomic E-state index is 10.9. The van der Waals surface area contributed by atoms with Gasteiger partial charge in [-0.05, 0) is 31.1 Å². The van der Waals surface area contributed by atoms with Crippen LogP contribution in [0.25, 0.3) is 0 Å². The Bertz CT molecular complexity index is 399. The summed E-state index contributed by atoms with van der Waals surface area (Å²) < 4.78 is 0. The van der Waals surface area contributed by atoms with Crippen molar-refractivity contribution >= 4 is 5.97 Å². The number of benzene rings is 1. The smallest absolute Gasteiger partial charge is 0.310 e. The Kier molecular flexibility index (Phi) is 7.26. The Morgan fingerprint density at radius 2 is 1.85 bits per heavy atom. The molecule has 1 aromatic carbocycles. The van der Waals surface area contributed by atoms with E-state index in [4.69, 9.17) is 5.11 Å². The molecule has 0 saturated heterocycles. The lowest BCUT2D eigenvalue weighted by Crippen LogP contribution is -2.31. The molecule has 1 rings (SSSR count). The fourth-order valence-corrected chi connectivity index (χ4v) is 2.08. The first kappa shape index (κ1) is 16.7. The van der Waals surface area contributed by atoms with Crippen molar-refractivity contribution in [2.24, 2.45) is 0 Å². The van der Waals surface area contributed by atoms with E-state index in [1.807, 2.05) is 24.3 Å². The Hall–Kier alpha value is -1.39. The predicted molar refractivity (Wildman–Crippen MR) is 82.0 cm³/mol. The Balaban J connectivity index is 2.37. The summed E-state index contributed by atoms with van der Waals surface area (Å²) in [5.41, 5.74) is 2.04. The minimum atomic E-state index is -0.782. The molecule has 4 nitrogen and oxygen atoms in total. The molecule has 0 aliphatic carbocycles. The second-order valence-corrected chi connectivity index (χ2v) is 5.01. The molecule has 0 saturated carbocycles. The molecule has 2 N–H and O–H groups in total. The summed E-state index contributed by atoms with van der Waals surface area (Å²) in [6.45, 7) is 11.1. The van der Waals surface area contributed by atoms with E-state index >= 15 is 0 Å². The van der Waals surface area contributed by atoms with Crippen LogP contribution >= 0.6 is 0 Å². The van der Waals surface area contributed by atoms with Crippen LogP contribution in [0.15, 0.2) is 24.3 Å². The van der Waals surface area contributed by atoms with E-state index in [2.05, 4.69) is 24.1 Å². The summed E-state index contributed by atoms with van der Waals surface area (Å²) in [7, 11) is 0. The van der Waals surface area contributed by atoms with Crippen LogP contribution in [0.4, 0.5) is 0 Å². The third kappa shape index (κ3) is 5.31. The van der Waals surface area contributed by atoms with Crippen molar-refractivity contribution in [3.8, 4) is 0 Å². The Morgan fingerprint density at radius 3 is 2.35 bits per heavy atom. The number of nitrogens with zero attached hydrogens (tertiary/aromatic N) is 1. The van der Waals surface area contributed by atoms with Crippen molar-refractivity contribution < 1.29 is 9.90 Å². The van der Waals surface area contributed by atoms with Gasteiger partial charge in [0.2, 0.25) is 0 Å². The number of carboxylic acid groups (broad SMARTS) is 1. The van der Waals surface area contributed by atoms with Crippen molar-refractivity contribution in [3.63, 3.8) is 0 Å². The third-order valence-corrected chi connectivity index (χ3v) is 3.68. The van der Waals surface area contributed by atoms with E-state index < -0.39 is 11.9 Å². The summed E-state index contributed by atoms with van der Waals surface area (Å²) in [5, 5.41) is 12.4. The van der Waals surface area contributed by atoms with Crippen molar-refractivity contribution in [2.75, 3.05) is 26.2 Å². The SMILES string of the molecule is CCN(CC)CCNCc1ccc(C(C)C(=O)O)cc1. The molecular formula is C16H26N2O2. The molecule has 0 aliphatic rings. The van der Waals surface area contributed by atoms with Crippen LogP contribution in [-0.4, -0.2) is 42.2 Å². The number of hydrogen-bond acceptors (Lipinski definition) is 3. The van der Waals surface area contributed by atoms with E-state index in [1.165, 1.54) is 5.56 Å². The summed E-state index contributed by atoms with van der Waals surface area (Å²) in [6.07, 6.45) is 0. The van der Waals surface area contributed by atoms with E-state index in [1.54, 1.807) is 6.92 Å². The van der Waals surface area contributed by atoms with Crippen LogP contribution in [0.1, 0.15) is 37.8 Å².